The molecule has 4 rings (SSSR count). The van der Waals surface area contributed by atoms with Gasteiger partial charge in [-0.25, -0.2) is 13.8 Å². The number of rotatable bonds is 11. The molecule has 6 atom stereocenters. The van der Waals surface area contributed by atoms with E-state index in [4.69, 9.17) is 23.3 Å². The van der Waals surface area contributed by atoms with E-state index in [9.17, 15) is 24.1 Å². The van der Waals surface area contributed by atoms with Crippen LogP contribution in [0.2, 0.25) is 0 Å². The second kappa shape index (κ2) is 11.9. The monoisotopic (exact) mass is 627 g/mol. The fourth-order valence-corrected chi connectivity index (χ4v) is 7.86. The molecule has 3 N–H and O–H groups in total. The summed E-state index contributed by atoms with van der Waals surface area (Å²) in [4.78, 5) is 38.9. The predicted octanol–water partition coefficient (Wildman–Crippen LogP) is 2.70. The van der Waals surface area contributed by atoms with Crippen molar-refractivity contribution in [1.82, 2.24) is 14.6 Å². The zero-order valence-electron chi connectivity index (χ0n) is 25.1. The van der Waals surface area contributed by atoms with Gasteiger partial charge in [0.1, 0.15) is 30.1 Å². The van der Waals surface area contributed by atoms with Crippen LogP contribution < -0.4 is 20.9 Å². The number of halogens is 1. The fourth-order valence-electron chi connectivity index (χ4n) is 6.36. The number of aromatic nitrogens is 2. The summed E-state index contributed by atoms with van der Waals surface area (Å²) in [5.74, 6) is -0.573. The van der Waals surface area contributed by atoms with Gasteiger partial charge in [0.25, 0.3) is 5.56 Å². The Labute approximate surface area is 248 Å². The van der Waals surface area contributed by atoms with Crippen molar-refractivity contribution in [3.8, 4) is 5.75 Å². The summed E-state index contributed by atoms with van der Waals surface area (Å²) in [5.41, 5.74) is -5.10. The van der Waals surface area contributed by atoms with Crippen LogP contribution in [-0.4, -0.2) is 70.5 Å². The number of aliphatic hydroxyl groups is 1. The summed E-state index contributed by atoms with van der Waals surface area (Å²) in [6.07, 6.45) is -4.51. The largest absolute Gasteiger partial charge is 0.460 e. The molecule has 43 heavy (non-hydrogen) atoms. The third kappa shape index (κ3) is 6.36. The van der Waals surface area contributed by atoms with E-state index in [0.29, 0.717) is 0 Å². The molecule has 2 aliphatic rings. The lowest BCUT2D eigenvalue weighted by molar-refractivity contribution is -0.268. The Morgan fingerprint density at radius 2 is 1.77 bits per heavy atom. The first-order valence-corrected chi connectivity index (χ1v) is 15.3. The summed E-state index contributed by atoms with van der Waals surface area (Å²) < 4.78 is 58.7. The van der Waals surface area contributed by atoms with Crippen molar-refractivity contribution in [2.45, 2.75) is 83.9 Å². The molecule has 2 fully saturated rings. The van der Waals surface area contributed by atoms with Gasteiger partial charge in [-0.1, -0.05) is 45.9 Å². The second-order valence-corrected chi connectivity index (χ2v) is 14.0. The number of nitrogens with one attached hydrogen (secondary N) is 2. The molecule has 2 aromatic rings. The van der Waals surface area contributed by atoms with Gasteiger partial charge in [-0.3, -0.25) is 23.7 Å². The number of hydrogen-bond acceptors (Lipinski definition) is 10. The molecule has 1 aromatic carbocycles. The lowest BCUT2D eigenvalue weighted by Gasteiger charge is -2.61. The smallest absolute Gasteiger partial charge is 0.459 e. The van der Waals surface area contributed by atoms with Crippen LogP contribution in [0.4, 0.5) is 4.39 Å². The van der Waals surface area contributed by atoms with Crippen molar-refractivity contribution in [2.75, 3.05) is 13.7 Å². The van der Waals surface area contributed by atoms with Crippen LogP contribution in [0, 0.1) is 10.8 Å². The van der Waals surface area contributed by atoms with Gasteiger partial charge >= 0.3 is 19.4 Å². The molecule has 0 amide bonds. The highest BCUT2D eigenvalue weighted by molar-refractivity contribution is 7.52. The first kappa shape index (κ1) is 33.0. The number of para-hydroxylation sites is 1. The van der Waals surface area contributed by atoms with Crippen molar-refractivity contribution in [2.24, 2.45) is 10.8 Å². The molecule has 1 aliphatic carbocycles. The normalized spacial score (nSPS) is 31.4. The quantitative estimate of drug-likeness (QED) is 0.248. The van der Waals surface area contributed by atoms with Gasteiger partial charge in [0, 0.05) is 30.2 Å². The van der Waals surface area contributed by atoms with E-state index < -0.39 is 78.7 Å². The van der Waals surface area contributed by atoms with Crippen molar-refractivity contribution in [1.29, 1.82) is 0 Å². The minimum absolute atomic E-state index is 0.143. The molecule has 1 saturated heterocycles. The zero-order chi connectivity index (χ0) is 32.0. The SMILES string of the molecule is COC1C(C)(C)C(OC(=O)[C@H](C)N[P@@](=O)(OC[C@H]2O[C@@H](n3ccc(=O)[nH]c3=O)[C@](C)(F)[C@@H]2O)Oc2ccccc2)C1(C)C. The Morgan fingerprint density at radius 1 is 1.14 bits per heavy atom. The highest BCUT2D eigenvalue weighted by Crippen LogP contribution is 2.57. The number of nitrogens with zero attached hydrogens (tertiary/aromatic N) is 1. The van der Waals surface area contributed by atoms with Crippen molar-refractivity contribution in [3.05, 3.63) is 63.4 Å². The van der Waals surface area contributed by atoms with Crippen LogP contribution in [0.1, 0.15) is 47.8 Å². The third-order valence-electron chi connectivity index (χ3n) is 8.08. The van der Waals surface area contributed by atoms with Gasteiger partial charge in [0.05, 0.1) is 12.7 Å². The molecule has 0 radical (unpaired) electrons. The predicted molar refractivity (Wildman–Crippen MR) is 152 cm³/mol. The standard InChI is InChI=1S/C28H39FN3O10P/c1-16(21(35)41-23-26(2,3)22(38-7)27(23,4)5)31-43(37,42-17-11-9-8-10-12-17)39-15-18-20(34)28(6,29)24(40-18)32-14-13-19(33)30-25(32)36/h8-14,16,18,20,22-24,34H,15H2,1-7H3,(H,31,37)(H,30,33,36)/t16-,18+,20+,22?,23?,24+,28+,43+/m0/s1. The van der Waals surface area contributed by atoms with E-state index in [-0.39, 0.29) is 11.9 Å². The number of hydrogen-bond donors (Lipinski definition) is 3. The maximum Gasteiger partial charge on any atom is 0.459 e. The van der Waals surface area contributed by atoms with Crippen LogP contribution in [0.5, 0.6) is 5.75 Å². The van der Waals surface area contributed by atoms with Gasteiger partial charge in [0.2, 0.25) is 0 Å². The Hall–Kier alpha value is -2.87. The van der Waals surface area contributed by atoms with E-state index in [1.54, 1.807) is 25.3 Å². The number of carbonyl (C=O) groups is 1. The van der Waals surface area contributed by atoms with Gasteiger partial charge in [-0.2, -0.15) is 5.09 Å². The van der Waals surface area contributed by atoms with Crippen molar-refractivity contribution < 1.29 is 42.1 Å². The Bertz CT molecular complexity index is 1460. The minimum atomic E-state index is -4.40. The molecular formula is C28H39FN3O10P. The first-order valence-electron chi connectivity index (χ1n) is 13.8. The van der Waals surface area contributed by atoms with Crippen molar-refractivity contribution in [3.63, 3.8) is 0 Å². The average molecular weight is 628 g/mol. The molecule has 2 heterocycles. The molecule has 238 valence electrons. The number of H-pyrrole nitrogens is 1. The number of carbonyl (C=O) groups excluding carboxylic acids is 1. The number of aromatic amines is 1. The Kier molecular flexibility index (Phi) is 9.14. The Morgan fingerprint density at radius 3 is 2.35 bits per heavy atom. The number of methoxy groups -OCH3 is 1. The second-order valence-electron chi connectivity index (χ2n) is 12.3. The van der Waals surface area contributed by atoms with E-state index >= 15 is 4.39 Å². The van der Waals surface area contributed by atoms with Gasteiger partial charge < -0.3 is 23.8 Å². The molecule has 1 aliphatic heterocycles. The van der Waals surface area contributed by atoms with Crippen molar-refractivity contribution >= 4 is 13.7 Å². The molecule has 15 heteroatoms. The highest BCUT2D eigenvalue weighted by atomic mass is 31.2. The molecule has 0 spiro atoms. The van der Waals surface area contributed by atoms with Crippen LogP contribution in [0.15, 0.2) is 52.2 Å². The van der Waals surface area contributed by atoms with E-state index in [2.05, 4.69) is 5.09 Å². The van der Waals surface area contributed by atoms with E-state index in [1.165, 1.54) is 19.1 Å². The third-order valence-corrected chi connectivity index (χ3v) is 9.72. The van der Waals surface area contributed by atoms with E-state index in [1.807, 2.05) is 32.7 Å². The van der Waals surface area contributed by atoms with Crippen LogP contribution in [-0.2, 0) is 28.1 Å². The fraction of sp³-hybridized carbons (Fsp3) is 0.607. The number of ether oxygens (including phenoxy) is 3. The maximum atomic E-state index is 15.6. The van der Waals surface area contributed by atoms with E-state index in [0.717, 1.165) is 23.8 Å². The topological polar surface area (TPSA) is 167 Å². The van der Waals surface area contributed by atoms with Crippen LogP contribution >= 0.6 is 7.75 Å². The molecule has 13 nitrogen and oxygen atoms in total. The maximum absolute atomic E-state index is 15.6. The summed E-state index contributed by atoms with van der Waals surface area (Å²) in [6.45, 7) is 9.49. The molecule has 0 bridgehead atoms. The number of esters is 1. The lowest BCUT2D eigenvalue weighted by atomic mass is 9.51. The minimum Gasteiger partial charge on any atom is -0.460 e. The summed E-state index contributed by atoms with van der Waals surface area (Å²) in [6, 6.07) is 7.84. The zero-order valence-corrected chi connectivity index (χ0v) is 26.0. The average Bonchev–Trinajstić information content (AvgIpc) is 3.14. The van der Waals surface area contributed by atoms with Crippen LogP contribution in [0.3, 0.4) is 0 Å². The Balaban J connectivity index is 1.50. The number of benzene rings is 1. The molecule has 1 aromatic heterocycles. The van der Waals surface area contributed by atoms with Gasteiger partial charge in [0.15, 0.2) is 11.9 Å². The molecule has 0 unspecified atom stereocenters. The lowest BCUT2D eigenvalue weighted by Crippen LogP contribution is -2.69. The first-order chi connectivity index (χ1) is 19.9. The summed E-state index contributed by atoms with van der Waals surface area (Å²) in [5, 5.41) is 13.3. The summed E-state index contributed by atoms with van der Waals surface area (Å²) >= 11 is 0. The molecule has 1 saturated carbocycles. The van der Waals surface area contributed by atoms with Gasteiger partial charge in [-0.05, 0) is 26.0 Å². The highest BCUT2D eigenvalue weighted by Gasteiger charge is 2.65. The van der Waals surface area contributed by atoms with Gasteiger partial charge in [-0.15, -0.1) is 0 Å². The molecular weight excluding hydrogens is 588 g/mol. The number of alkyl halides is 1. The number of aliphatic hydroxyl groups excluding tert-OH is 1. The van der Waals surface area contributed by atoms with Crippen LogP contribution in [0.25, 0.3) is 0 Å². The summed E-state index contributed by atoms with van der Waals surface area (Å²) in [7, 11) is -2.80.